The zero-order valence-corrected chi connectivity index (χ0v) is 19.8. The summed E-state index contributed by atoms with van der Waals surface area (Å²) in [6.45, 7) is 8.32. The molecule has 1 aromatic carbocycles. The number of esters is 1. The topological polar surface area (TPSA) is 124 Å². The van der Waals surface area contributed by atoms with Crippen molar-refractivity contribution in [2.75, 3.05) is 20.3 Å². The Morgan fingerprint density at radius 1 is 1.18 bits per heavy atom. The molecule has 184 valence electrons. The van der Waals surface area contributed by atoms with E-state index in [2.05, 4.69) is 0 Å². The molecule has 2 heterocycles. The zero-order chi connectivity index (χ0) is 24.6. The molecule has 0 radical (unpaired) electrons. The third-order valence-electron chi connectivity index (χ3n) is 5.38. The van der Waals surface area contributed by atoms with Crippen LogP contribution >= 0.6 is 0 Å². The summed E-state index contributed by atoms with van der Waals surface area (Å²) in [6, 6.07) is 5.32. The predicted molar refractivity (Wildman–Crippen MR) is 116 cm³/mol. The third-order valence-corrected chi connectivity index (χ3v) is 5.38. The van der Waals surface area contributed by atoms with Crippen molar-refractivity contribution >= 4 is 12.1 Å². The molecule has 10 heteroatoms. The van der Waals surface area contributed by atoms with Gasteiger partial charge in [-0.05, 0) is 58.9 Å². The van der Waals surface area contributed by atoms with E-state index in [9.17, 15) is 19.8 Å². The Kier molecular flexibility index (Phi) is 7.23. The number of hydrogen-bond acceptors (Lipinski definition) is 9. The molecule has 2 saturated heterocycles. The zero-order valence-electron chi connectivity index (χ0n) is 19.8. The summed E-state index contributed by atoms with van der Waals surface area (Å²) in [5.74, 6) is -0.987. The Bertz CT molecular complexity index is 848. The number of methoxy groups -OCH3 is 1. The highest BCUT2D eigenvalue weighted by atomic mass is 16.8. The Morgan fingerprint density at radius 2 is 1.82 bits per heavy atom. The van der Waals surface area contributed by atoms with Crippen LogP contribution in [0.3, 0.4) is 0 Å². The quantitative estimate of drug-likeness (QED) is 0.602. The Morgan fingerprint density at radius 3 is 2.39 bits per heavy atom. The van der Waals surface area contributed by atoms with Crippen LogP contribution in [-0.2, 0) is 18.9 Å². The van der Waals surface area contributed by atoms with Gasteiger partial charge in [-0.15, -0.1) is 0 Å². The Labute approximate surface area is 193 Å². The molecule has 2 aliphatic heterocycles. The fourth-order valence-electron chi connectivity index (χ4n) is 3.98. The first-order valence-electron chi connectivity index (χ1n) is 10.8. The fraction of sp³-hybridized carbons (Fsp3) is 0.652. The minimum atomic E-state index is -1.48. The lowest BCUT2D eigenvalue weighted by atomic mass is 10.0. The number of carbonyl (C=O) groups is 2. The summed E-state index contributed by atoms with van der Waals surface area (Å²) >= 11 is 0. The van der Waals surface area contributed by atoms with Crippen LogP contribution < -0.4 is 4.74 Å². The largest absolute Gasteiger partial charge is 0.497 e. The van der Waals surface area contributed by atoms with Crippen molar-refractivity contribution in [1.82, 2.24) is 4.90 Å². The van der Waals surface area contributed by atoms with E-state index in [1.54, 1.807) is 46.8 Å². The molecular formula is C23H33NO9. The summed E-state index contributed by atoms with van der Waals surface area (Å²) < 4.78 is 27.5. The van der Waals surface area contributed by atoms with Crippen molar-refractivity contribution in [3.8, 4) is 5.75 Å². The van der Waals surface area contributed by atoms with Gasteiger partial charge in [0.2, 0.25) is 0 Å². The molecule has 2 N–H and O–H groups in total. The van der Waals surface area contributed by atoms with E-state index in [1.807, 2.05) is 0 Å². The lowest BCUT2D eigenvalue weighted by molar-refractivity contribution is -0.171. The number of hydrogen-bond donors (Lipinski definition) is 2. The van der Waals surface area contributed by atoms with E-state index in [4.69, 9.17) is 23.7 Å². The minimum Gasteiger partial charge on any atom is -0.497 e. The molecule has 0 spiro atoms. The average molecular weight is 468 g/mol. The van der Waals surface area contributed by atoms with Crippen LogP contribution in [0.5, 0.6) is 5.75 Å². The molecule has 0 unspecified atom stereocenters. The predicted octanol–water partition coefficient (Wildman–Crippen LogP) is 1.71. The first-order chi connectivity index (χ1) is 15.3. The first kappa shape index (κ1) is 25.2. The smallest absolute Gasteiger partial charge is 0.410 e. The number of fused-ring (bicyclic) bond motifs is 1. The van der Waals surface area contributed by atoms with Crippen LogP contribution in [0.2, 0.25) is 0 Å². The van der Waals surface area contributed by atoms with Crippen LogP contribution in [0.1, 0.15) is 45.0 Å². The number of carbonyl (C=O) groups excluding carboxylic acids is 2. The second-order valence-corrected chi connectivity index (χ2v) is 9.65. The van der Waals surface area contributed by atoms with Gasteiger partial charge in [-0.25, -0.2) is 9.59 Å². The van der Waals surface area contributed by atoms with Crippen molar-refractivity contribution in [1.29, 1.82) is 0 Å². The Hall–Kier alpha value is -2.40. The summed E-state index contributed by atoms with van der Waals surface area (Å²) in [6.07, 6.45) is -4.80. The van der Waals surface area contributed by atoms with Crippen molar-refractivity contribution < 1.29 is 43.5 Å². The number of aliphatic hydroxyl groups excluding tert-OH is 2. The second kappa shape index (κ2) is 9.46. The normalized spacial score (nSPS) is 25.8. The molecule has 0 aliphatic carbocycles. The molecule has 2 aliphatic rings. The van der Waals surface area contributed by atoms with Crippen molar-refractivity contribution in [3.63, 3.8) is 0 Å². The molecule has 0 bridgehead atoms. The van der Waals surface area contributed by atoms with E-state index >= 15 is 0 Å². The van der Waals surface area contributed by atoms with Crippen LogP contribution in [0.15, 0.2) is 24.3 Å². The maximum Gasteiger partial charge on any atom is 0.410 e. The summed E-state index contributed by atoms with van der Waals surface area (Å²) in [4.78, 5) is 26.4. The van der Waals surface area contributed by atoms with E-state index in [1.165, 1.54) is 24.1 Å². The van der Waals surface area contributed by atoms with Crippen LogP contribution in [0.4, 0.5) is 4.79 Å². The molecule has 33 heavy (non-hydrogen) atoms. The highest BCUT2D eigenvalue weighted by molar-refractivity contribution is 5.89. The fourth-order valence-corrected chi connectivity index (χ4v) is 3.98. The number of benzene rings is 1. The van der Waals surface area contributed by atoms with Gasteiger partial charge in [0.1, 0.15) is 42.4 Å². The number of aliphatic hydroxyl groups is 2. The van der Waals surface area contributed by atoms with E-state index < -0.39 is 60.5 Å². The highest BCUT2D eigenvalue weighted by Crippen LogP contribution is 2.39. The van der Waals surface area contributed by atoms with Gasteiger partial charge in [0.25, 0.3) is 0 Å². The number of nitrogens with zero attached hydrogens (tertiary/aromatic N) is 1. The van der Waals surface area contributed by atoms with Crippen LogP contribution in [-0.4, -0.2) is 89.3 Å². The molecular weight excluding hydrogens is 434 g/mol. The van der Waals surface area contributed by atoms with Gasteiger partial charge in [0.15, 0.2) is 5.79 Å². The molecule has 10 nitrogen and oxygen atoms in total. The van der Waals surface area contributed by atoms with Gasteiger partial charge >= 0.3 is 12.1 Å². The van der Waals surface area contributed by atoms with E-state index in [0.29, 0.717) is 5.75 Å². The summed E-state index contributed by atoms with van der Waals surface area (Å²) in [5.41, 5.74) is -0.485. The Balaban J connectivity index is 1.69. The van der Waals surface area contributed by atoms with Gasteiger partial charge in [0, 0.05) is 0 Å². The van der Waals surface area contributed by atoms with Gasteiger partial charge in [0.05, 0.1) is 25.3 Å². The third kappa shape index (κ3) is 5.94. The summed E-state index contributed by atoms with van der Waals surface area (Å²) in [7, 11) is 1.51. The lowest BCUT2D eigenvalue weighted by Gasteiger charge is -2.35. The molecule has 0 saturated carbocycles. The SMILES string of the molecule is COc1ccc(C(=O)OC[C@@H](O)[C@H](O)[C@@H]2[C@H]3OC(C)(C)O[C@H]3CN2C(=O)OC(C)(C)C)cc1. The average Bonchev–Trinajstić information content (AvgIpc) is 3.21. The van der Waals surface area contributed by atoms with Crippen LogP contribution in [0, 0.1) is 0 Å². The van der Waals surface area contributed by atoms with Crippen molar-refractivity contribution in [3.05, 3.63) is 29.8 Å². The molecule has 0 aromatic heterocycles. The number of likely N-dealkylation sites (tertiary alicyclic amines) is 1. The monoisotopic (exact) mass is 467 g/mol. The number of ether oxygens (including phenoxy) is 5. The summed E-state index contributed by atoms with van der Waals surface area (Å²) in [5, 5.41) is 21.6. The van der Waals surface area contributed by atoms with Gasteiger partial charge in [-0.3, -0.25) is 4.90 Å². The molecule has 1 amide bonds. The highest BCUT2D eigenvalue weighted by Gasteiger charge is 2.57. The second-order valence-electron chi connectivity index (χ2n) is 9.65. The van der Waals surface area contributed by atoms with Gasteiger partial charge in [-0.1, -0.05) is 0 Å². The van der Waals surface area contributed by atoms with Gasteiger partial charge in [-0.2, -0.15) is 0 Å². The lowest BCUT2D eigenvalue weighted by Crippen LogP contribution is -2.54. The van der Waals surface area contributed by atoms with Crippen molar-refractivity contribution in [2.24, 2.45) is 0 Å². The minimum absolute atomic E-state index is 0.128. The van der Waals surface area contributed by atoms with E-state index in [-0.39, 0.29) is 12.1 Å². The number of amides is 1. The van der Waals surface area contributed by atoms with E-state index in [0.717, 1.165) is 0 Å². The molecule has 2 fully saturated rings. The van der Waals surface area contributed by atoms with Crippen LogP contribution in [0.25, 0.3) is 0 Å². The maximum absolute atomic E-state index is 12.8. The first-order valence-corrected chi connectivity index (χ1v) is 10.8. The molecule has 1 aromatic rings. The number of rotatable bonds is 6. The molecule has 3 rings (SSSR count). The van der Waals surface area contributed by atoms with Gasteiger partial charge < -0.3 is 33.9 Å². The van der Waals surface area contributed by atoms with Crippen molar-refractivity contribution in [2.45, 2.75) is 76.5 Å². The standard InChI is InChI=1S/C23H33NO9/c1-22(2,3)33-21(28)24-11-16-19(32-23(4,5)31-16)17(24)18(26)15(25)12-30-20(27)13-7-9-14(29-6)10-8-13/h7-10,15-19,25-26H,11-12H2,1-6H3/t15-,16+,17-,18+,19+/m1/s1. The maximum atomic E-state index is 12.8. The molecule has 5 atom stereocenters.